The molecular weight excluding hydrogens is 662 g/mol. The van der Waals surface area contributed by atoms with Crippen LogP contribution in [0.1, 0.15) is 96.6 Å². The molecule has 2 saturated heterocycles. The van der Waals surface area contributed by atoms with Gasteiger partial charge in [0.2, 0.25) is 0 Å². The molecule has 0 radical (unpaired) electrons. The fraction of sp³-hybridized carbons (Fsp3) is 0.632. The summed E-state index contributed by atoms with van der Waals surface area (Å²) >= 11 is 3.69. The first-order valence-corrected chi connectivity index (χ1v) is 18.5. The maximum atomic E-state index is 10.9. The van der Waals surface area contributed by atoms with Gasteiger partial charge in [0.15, 0.2) is 6.29 Å². The first kappa shape index (κ1) is 36.6. The summed E-state index contributed by atoms with van der Waals surface area (Å²) in [5.74, 6) is -1.56. The minimum atomic E-state index is -1.56. The van der Waals surface area contributed by atoms with Crippen LogP contribution in [0.5, 0.6) is 0 Å². The van der Waals surface area contributed by atoms with E-state index in [1.807, 2.05) is 0 Å². The van der Waals surface area contributed by atoms with E-state index in [1.54, 1.807) is 6.92 Å². The largest absolute Gasteiger partial charge is 0.394 e. The van der Waals surface area contributed by atoms with Crippen LogP contribution in [0, 0.1) is 0 Å². The number of rotatable bonds is 18. The van der Waals surface area contributed by atoms with E-state index < -0.39 is 49.4 Å². The zero-order chi connectivity index (χ0) is 33.4. The van der Waals surface area contributed by atoms with Crippen molar-refractivity contribution in [2.24, 2.45) is 0 Å². The van der Waals surface area contributed by atoms with Gasteiger partial charge >= 0.3 is 0 Å². The van der Waals surface area contributed by atoms with E-state index in [1.165, 1.54) is 56.8 Å². The van der Waals surface area contributed by atoms with Crippen molar-refractivity contribution in [3.05, 3.63) is 58.6 Å². The number of aliphatic hydroxyl groups is 3. The molecule has 0 saturated carbocycles. The van der Waals surface area contributed by atoms with Gasteiger partial charge in [0, 0.05) is 17.9 Å². The molecule has 7 unspecified atom stereocenters. The first-order chi connectivity index (χ1) is 22.8. The van der Waals surface area contributed by atoms with Crippen LogP contribution in [0.3, 0.4) is 0 Å². The molecule has 9 heteroatoms. The predicted octanol–water partition coefficient (Wildman–Crippen LogP) is 7.58. The molecule has 7 atom stereocenters. The molecule has 0 spiro atoms. The molecule has 5 rings (SSSR count). The van der Waals surface area contributed by atoms with Gasteiger partial charge in [0.05, 0.1) is 6.61 Å². The quantitative estimate of drug-likeness (QED) is 0.0916. The molecular formula is C38H54BrNO7. The first-order valence-electron chi connectivity index (χ1n) is 17.8. The van der Waals surface area contributed by atoms with Crippen molar-refractivity contribution < 1.29 is 34.3 Å². The van der Waals surface area contributed by atoms with E-state index in [0.29, 0.717) is 6.54 Å². The van der Waals surface area contributed by atoms with Gasteiger partial charge in [-0.2, -0.15) is 0 Å². The highest BCUT2D eigenvalue weighted by Crippen LogP contribution is 2.42. The Labute approximate surface area is 288 Å². The normalized spacial score (nSPS) is 26.8. The van der Waals surface area contributed by atoms with Crippen LogP contribution in [0.15, 0.2) is 53.0 Å². The smallest absolute Gasteiger partial charge is 0.283 e. The topological polar surface area (TPSA) is 101 Å². The van der Waals surface area contributed by atoms with Gasteiger partial charge in [0.1, 0.15) is 30.5 Å². The van der Waals surface area contributed by atoms with Crippen LogP contribution in [-0.4, -0.2) is 83.1 Å². The van der Waals surface area contributed by atoms with Gasteiger partial charge in [-0.05, 0) is 71.2 Å². The summed E-state index contributed by atoms with van der Waals surface area (Å²) in [6, 6.07) is 17.0. The van der Waals surface area contributed by atoms with Gasteiger partial charge in [-0.1, -0.05) is 111 Å². The van der Waals surface area contributed by atoms with E-state index in [9.17, 15) is 15.3 Å². The number of ether oxygens (including phenoxy) is 4. The second-order valence-electron chi connectivity index (χ2n) is 13.4. The lowest BCUT2D eigenvalue weighted by molar-refractivity contribution is -0.361. The fourth-order valence-corrected chi connectivity index (χ4v) is 7.41. The van der Waals surface area contributed by atoms with Gasteiger partial charge in [-0.15, -0.1) is 0 Å². The lowest BCUT2D eigenvalue weighted by atomic mass is 9.94. The molecule has 2 aliphatic heterocycles. The van der Waals surface area contributed by atoms with Gasteiger partial charge in [-0.25, -0.2) is 0 Å². The molecule has 2 fully saturated rings. The second-order valence-corrected chi connectivity index (χ2v) is 14.3. The Morgan fingerprint density at radius 2 is 1.51 bits per heavy atom. The highest BCUT2D eigenvalue weighted by molar-refractivity contribution is 9.10. The molecule has 2 heterocycles. The molecule has 2 aliphatic rings. The molecule has 3 aromatic rings. The Morgan fingerprint density at radius 1 is 0.830 bits per heavy atom. The van der Waals surface area contributed by atoms with Crippen LogP contribution in [-0.2, 0) is 18.9 Å². The third-order valence-electron chi connectivity index (χ3n) is 9.64. The molecule has 47 heavy (non-hydrogen) atoms. The van der Waals surface area contributed by atoms with Crippen molar-refractivity contribution in [2.75, 3.05) is 26.2 Å². The van der Waals surface area contributed by atoms with Crippen molar-refractivity contribution >= 4 is 37.5 Å². The summed E-state index contributed by atoms with van der Waals surface area (Å²) in [7, 11) is 0. The summed E-state index contributed by atoms with van der Waals surface area (Å²) < 4.78 is 26.2. The summed E-state index contributed by atoms with van der Waals surface area (Å²) in [4.78, 5) is 2.53. The van der Waals surface area contributed by atoms with Gasteiger partial charge in [0.25, 0.3) is 5.97 Å². The van der Waals surface area contributed by atoms with E-state index in [2.05, 4.69) is 83.2 Å². The minimum Gasteiger partial charge on any atom is -0.394 e. The third kappa shape index (κ3) is 9.12. The number of unbranched alkanes of at least 4 members (excludes halogenated alkanes) is 8. The van der Waals surface area contributed by atoms with Crippen LogP contribution in [0.25, 0.3) is 21.5 Å². The zero-order valence-corrected chi connectivity index (χ0v) is 29.9. The van der Waals surface area contributed by atoms with Crippen molar-refractivity contribution in [2.45, 2.75) is 128 Å². The Hall–Kier alpha value is -1.66. The summed E-state index contributed by atoms with van der Waals surface area (Å²) in [6.45, 7) is 8.33. The highest BCUT2D eigenvalue weighted by Gasteiger charge is 2.56. The van der Waals surface area contributed by atoms with Crippen molar-refractivity contribution in [3.63, 3.8) is 0 Å². The van der Waals surface area contributed by atoms with Crippen LogP contribution < -0.4 is 0 Å². The summed E-state index contributed by atoms with van der Waals surface area (Å²) in [5, 5.41) is 35.6. The number of aliphatic hydroxyl groups excluding tert-OH is 3. The van der Waals surface area contributed by atoms with Crippen molar-refractivity contribution in [1.29, 1.82) is 0 Å². The third-order valence-corrected chi connectivity index (χ3v) is 10.1. The fourth-order valence-electron chi connectivity index (χ4n) is 7.05. The Bertz CT molecular complexity index is 1410. The number of benzene rings is 3. The van der Waals surface area contributed by atoms with E-state index in [4.69, 9.17) is 18.9 Å². The number of hydrogen-bond donors (Lipinski definition) is 3. The van der Waals surface area contributed by atoms with Crippen molar-refractivity contribution in [1.82, 2.24) is 4.90 Å². The molecule has 0 bridgehead atoms. The number of nitrogens with zero attached hydrogens (tertiary/aromatic N) is 1. The lowest BCUT2D eigenvalue weighted by Crippen LogP contribution is -2.57. The summed E-state index contributed by atoms with van der Waals surface area (Å²) in [6.07, 6.45) is 6.13. The zero-order valence-electron chi connectivity index (χ0n) is 28.3. The number of hydrogen-bond acceptors (Lipinski definition) is 8. The Balaban J connectivity index is 1.48. The van der Waals surface area contributed by atoms with Crippen LogP contribution in [0.4, 0.5) is 0 Å². The molecule has 0 aromatic heterocycles. The molecule has 0 amide bonds. The van der Waals surface area contributed by atoms with Crippen LogP contribution >= 0.6 is 15.9 Å². The van der Waals surface area contributed by atoms with Crippen molar-refractivity contribution in [3.8, 4) is 0 Å². The molecule has 3 aromatic carbocycles. The van der Waals surface area contributed by atoms with Gasteiger partial charge in [-0.3, -0.25) is 4.74 Å². The average Bonchev–Trinajstić information content (AvgIpc) is 3.41. The average molecular weight is 717 g/mol. The standard InChI is InChI=1S/C38H54BrNO7/c1-4-6-8-10-14-20-40(21-15-11-9-7-5-2)24-32(45-38(3)46-36-35(43)34(42)33(25-41)44-37(36)47-38)31-22-26-16-12-13-17-28(26)30-23-27(39)18-19-29(30)31/h12-13,16-19,22-23,32-37,41-43H,4-11,14-15,20-21,24-25H2,1-3H3. The lowest BCUT2D eigenvalue weighted by Gasteiger charge is -2.36. The number of halogens is 1. The second kappa shape index (κ2) is 17.3. The minimum absolute atomic E-state index is 0.449. The van der Waals surface area contributed by atoms with E-state index >= 15 is 0 Å². The SMILES string of the molecule is CCCCCCCN(CCCCCCC)CC(OC1(C)OC2OC(CO)C(O)C(O)C2O1)c1cc2ccccc2c2cc(Br)ccc12. The predicted molar refractivity (Wildman–Crippen MR) is 189 cm³/mol. The maximum absolute atomic E-state index is 10.9. The molecule has 8 nitrogen and oxygen atoms in total. The maximum Gasteiger partial charge on any atom is 0.283 e. The molecule has 3 N–H and O–H groups in total. The van der Waals surface area contributed by atoms with Crippen LogP contribution in [0.2, 0.25) is 0 Å². The summed E-state index contributed by atoms with van der Waals surface area (Å²) in [5.41, 5.74) is 1.03. The Kier molecular flexibility index (Phi) is 13.5. The molecule has 260 valence electrons. The van der Waals surface area contributed by atoms with E-state index in [-0.39, 0.29) is 0 Å². The van der Waals surface area contributed by atoms with E-state index in [0.717, 1.165) is 52.1 Å². The molecule has 0 aliphatic carbocycles. The monoisotopic (exact) mass is 715 g/mol. The highest BCUT2D eigenvalue weighted by atomic mass is 79.9. The Morgan fingerprint density at radius 3 is 2.19 bits per heavy atom. The van der Waals surface area contributed by atoms with Gasteiger partial charge < -0.3 is 34.4 Å². The number of fused-ring (bicyclic) bond motifs is 4.